The van der Waals surface area contributed by atoms with E-state index in [1.807, 2.05) is 36.7 Å². The molecule has 0 atom stereocenters. The largest absolute Gasteiger partial charge is 0.455 e. The van der Waals surface area contributed by atoms with Crippen LogP contribution in [0.2, 0.25) is 0 Å². The van der Waals surface area contributed by atoms with E-state index in [0.29, 0.717) is 0 Å². The maximum atomic E-state index is 6.55. The molecule has 7 rings (SSSR count). The van der Waals surface area contributed by atoms with E-state index in [1.54, 1.807) is 0 Å². The van der Waals surface area contributed by atoms with E-state index in [4.69, 9.17) is 9.40 Å². The van der Waals surface area contributed by atoms with Crippen molar-refractivity contribution in [2.75, 3.05) is 0 Å². The lowest BCUT2D eigenvalue weighted by molar-refractivity contribution is 0.669. The maximum absolute atomic E-state index is 6.55. The molecule has 0 unspecified atom stereocenters. The number of rotatable bonds is 3. The Hall–Kier alpha value is -4.70. The summed E-state index contributed by atoms with van der Waals surface area (Å²) in [5, 5.41) is 2.18. The van der Waals surface area contributed by atoms with Crippen molar-refractivity contribution >= 4 is 33.0 Å². The van der Waals surface area contributed by atoms with Gasteiger partial charge in [0, 0.05) is 22.7 Å². The lowest BCUT2D eigenvalue weighted by Crippen LogP contribution is -1.98. The minimum absolute atomic E-state index is 0.839. The predicted octanol–water partition coefficient (Wildman–Crippen LogP) is 7.96. The molecule has 166 valence electrons. The van der Waals surface area contributed by atoms with Gasteiger partial charge in [0.25, 0.3) is 0 Å². The molecular weight excluding hydrogens is 430 g/mol. The van der Waals surface area contributed by atoms with E-state index in [1.165, 1.54) is 5.56 Å². The Morgan fingerprint density at radius 2 is 1.51 bits per heavy atom. The maximum Gasteiger partial charge on any atom is 0.149 e. The van der Waals surface area contributed by atoms with E-state index < -0.39 is 0 Å². The highest BCUT2D eigenvalue weighted by Gasteiger charge is 2.20. The van der Waals surface area contributed by atoms with Gasteiger partial charge in [-0.2, -0.15) is 0 Å². The summed E-state index contributed by atoms with van der Waals surface area (Å²) in [4.78, 5) is 9.44. The molecule has 0 radical (unpaired) electrons. The highest BCUT2D eigenvalue weighted by atomic mass is 16.3. The Kier molecular flexibility index (Phi) is 4.33. The molecule has 4 nitrogen and oxygen atoms in total. The average molecular weight is 452 g/mol. The van der Waals surface area contributed by atoms with Gasteiger partial charge >= 0.3 is 0 Å². The van der Waals surface area contributed by atoms with E-state index >= 15 is 0 Å². The Balaban J connectivity index is 1.52. The van der Waals surface area contributed by atoms with Crippen LogP contribution in [0, 0.1) is 6.92 Å². The number of aryl methyl sites for hydroxylation is 1. The summed E-state index contributed by atoms with van der Waals surface area (Å²) < 4.78 is 8.76. The van der Waals surface area contributed by atoms with Gasteiger partial charge in [-0.15, -0.1) is 0 Å². The molecule has 0 fully saturated rings. The average Bonchev–Trinajstić information content (AvgIpc) is 3.49. The number of aromatic nitrogens is 3. The molecule has 3 aromatic heterocycles. The van der Waals surface area contributed by atoms with Crippen LogP contribution in [0.25, 0.3) is 61.2 Å². The van der Waals surface area contributed by atoms with Crippen LogP contribution >= 0.6 is 0 Å². The lowest BCUT2D eigenvalue weighted by Gasteiger charge is -2.11. The molecule has 0 bridgehead atoms. The highest BCUT2D eigenvalue weighted by molar-refractivity contribution is 6.10. The summed E-state index contributed by atoms with van der Waals surface area (Å²) in [7, 11) is 0. The van der Waals surface area contributed by atoms with Crippen LogP contribution in [0.15, 0.2) is 114 Å². The second-order valence-corrected chi connectivity index (χ2v) is 8.79. The van der Waals surface area contributed by atoms with Crippen molar-refractivity contribution in [1.29, 1.82) is 0 Å². The number of para-hydroxylation sites is 2. The van der Waals surface area contributed by atoms with Gasteiger partial charge < -0.3 is 4.42 Å². The third-order valence-electron chi connectivity index (χ3n) is 6.60. The fourth-order valence-corrected chi connectivity index (χ4v) is 4.98. The molecule has 0 spiro atoms. The van der Waals surface area contributed by atoms with E-state index in [2.05, 4.69) is 89.3 Å². The zero-order valence-electron chi connectivity index (χ0n) is 19.1. The van der Waals surface area contributed by atoms with Gasteiger partial charge in [0.05, 0.1) is 17.3 Å². The molecule has 0 amide bonds. The third kappa shape index (κ3) is 3.07. The van der Waals surface area contributed by atoms with Crippen LogP contribution in [-0.2, 0) is 0 Å². The monoisotopic (exact) mass is 451 g/mol. The number of nitrogens with zero attached hydrogens (tertiary/aromatic N) is 3. The Morgan fingerprint density at radius 3 is 2.34 bits per heavy atom. The van der Waals surface area contributed by atoms with Gasteiger partial charge in [-0.1, -0.05) is 66.7 Å². The van der Waals surface area contributed by atoms with Gasteiger partial charge in [0.15, 0.2) is 0 Å². The molecule has 0 saturated carbocycles. The van der Waals surface area contributed by atoms with Crippen molar-refractivity contribution in [2.24, 2.45) is 0 Å². The molecule has 4 aromatic carbocycles. The summed E-state index contributed by atoms with van der Waals surface area (Å²) in [6.07, 6.45) is 3.72. The summed E-state index contributed by atoms with van der Waals surface area (Å²) in [5.74, 6) is 0.843. The van der Waals surface area contributed by atoms with Crippen molar-refractivity contribution in [2.45, 2.75) is 6.92 Å². The van der Waals surface area contributed by atoms with Gasteiger partial charge in [0.1, 0.15) is 22.5 Å². The number of benzene rings is 4. The zero-order valence-corrected chi connectivity index (χ0v) is 19.1. The molecule has 0 N–H and O–H groups in total. The van der Waals surface area contributed by atoms with Crippen molar-refractivity contribution in [1.82, 2.24) is 14.5 Å². The van der Waals surface area contributed by atoms with Gasteiger partial charge in [-0.05, 0) is 53.9 Å². The van der Waals surface area contributed by atoms with Crippen LogP contribution in [0.5, 0.6) is 0 Å². The summed E-state index contributed by atoms with van der Waals surface area (Å²) in [6, 6.07) is 33.5. The van der Waals surface area contributed by atoms with Gasteiger partial charge in [0.2, 0.25) is 0 Å². The quantitative estimate of drug-likeness (QED) is 0.274. The van der Waals surface area contributed by atoms with Crippen molar-refractivity contribution in [3.63, 3.8) is 0 Å². The van der Waals surface area contributed by atoms with Crippen LogP contribution in [0.3, 0.4) is 0 Å². The normalized spacial score (nSPS) is 11.6. The molecule has 0 saturated heterocycles. The first-order chi connectivity index (χ1) is 17.3. The smallest absolute Gasteiger partial charge is 0.149 e. The molecule has 35 heavy (non-hydrogen) atoms. The van der Waals surface area contributed by atoms with Crippen molar-refractivity contribution < 1.29 is 4.42 Å². The fourth-order valence-electron chi connectivity index (χ4n) is 4.98. The topological polar surface area (TPSA) is 43.9 Å². The Bertz CT molecular complexity index is 1850. The number of hydrogen-bond donors (Lipinski definition) is 0. The number of hydrogen-bond acceptors (Lipinski definition) is 3. The van der Waals surface area contributed by atoms with E-state index in [-0.39, 0.29) is 0 Å². The fraction of sp³-hybridized carbons (Fsp3) is 0.0323. The zero-order chi connectivity index (χ0) is 23.4. The minimum atomic E-state index is 0.839. The first kappa shape index (κ1) is 19.7. The predicted molar refractivity (Wildman–Crippen MR) is 142 cm³/mol. The van der Waals surface area contributed by atoms with E-state index in [9.17, 15) is 0 Å². The molecule has 0 aliphatic heterocycles. The number of fused-ring (bicyclic) bond motifs is 4. The molecule has 0 aliphatic carbocycles. The van der Waals surface area contributed by atoms with Crippen LogP contribution in [0.4, 0.5) is 0 Å². The van der Waals surface area contributed by atoms with Gasteiger partial charge in [-0.25, -0.2) is 4.98 Å². The third-order valence-corrected chi connectivity index (χ3v) is 6.60. The molecule has 3 heterocycles. The van der Waals surface area contributed by atoms with E-state index in [0.717, 1.165) is 61.2 Å². The summed E-state index contributed by atoms with van der Waals surface area (Å²) >= 11 is 0. The highest BCUT2D eigenvalue weighted by Crippen LogP contribution is 2.39. The Morgan fingerprint density at radius 1 is 0.714 bits per heavy atom. The summed E-state index contributed by atoms with van der Waals surface area (Å²) in [6.45, 7) is 2.08. The second kappa shape index (κ2) is 7.67. The number of pyridine rings is 1. The number of furan rings is 1. The van der Waals surface area contributed by atoms with Crippen LogP contribution in [-0.4, -0.2) is 14.5 Å². The second-order valence-electron chi connectivity index (χ2n) is 8.79. The van der Waals surface area contributed by atoms with Crippen LogP contribution in [0.1, 0.15) is 5.56 Å². The first-order valence-corrected chi connectivity index (χ1v) is 11.7. The molecule has 4 heteroatoms. The first-order valence-electron chi connectivity index (χ1n) is 11.7. The Labute approximate surface area is 202 Å². The molecule has 7 aromatic rings. The summed E-state index contributed by atoms with van der Waals surface area (Å²) in [5.41, 5.74) is 9.03. The lowest BCUT2D eigenvalue weighted by atomic mass is 10.0. The molecule has 0 aliphatic rings. The van der Waals surface area contributed by atoms with Crippen molar-refractivity contribution in [3.05, 3.63) is 115 Å². The number of imidazole rings is 1. The van der Waals surface area contributed by atoms with Crippen molar-refractivity contribution in [3.8, 4) is 28.2 Å². The SMILES string of the molecule is Cc1cncc2nc(-c3cccc4c3oc3cc(-c5ccccc5)ccc34)n(-c3ccccc3)c12. The molecular formula is C31H21N3O. The standard InChI is InChI=1S/C31H21N3O/c1-20-18-32-19-27-29(20)34(23-11-6-3-7-12-23)31(33-27)26-14-8-13-25-24-16-15-22(17-28(24)35-30(25)26)21-9-4-2-5-10-21/h2-19H,1H3. The van der Waals surface area contributed by atoms with Gasteiger partial charge in [-0.3, -0.25) is 9.55 Å². The minimum Gasteiger partial charge on any atom is -0.455 e. The van der Waals surface area contributed by atoms with Crippen LogP contribution < -0.4 is 0 Å².